The summed E-state index contributed by atoms with van der Waals surface area (Å²) in [5, 5.41) is 0. The topological polar surface area (TPSA) is 15.3 Å². The van der Waals surface area contributed by atoms with Crippen LogP contribution in [0.15, 0.2) is 0 Å². The number of hydrogen-bond donors (Lipinski definition) is 1. The first kappa shape index (κ1) is 16.8. The van der Waals surface area contributed by atoms with Gasteiger partial charge in [0.15, 0.2) is 0 Å². The molecule has 0 amide bonds. The molecule has 16 heavy (non-hydrogen) atoms. The average molecular weight is 279 g/mol. The Labute approximate surface area is 106 Å². The molecule has 98 valence electrons. The molecule has 0 fully saturated rings. The second-order valence-electron chi connectivity index (χ2n) is 6.62. The lowest BCUT2D eigenvalue weighted by molar-refractivity contribution is 0.505. The fourth-order valence-electron chi connectivity index (χ4n) is 1.61. The van der Waals surface area contributed by atoms with Crippen molar-refractivity contribution in [2.45, 2.75) is 53.1 Å². The molecule has 0 aromatic rings. The van der Waals surface area contributed by atoms with Crippen LogP contribution in [-0.2, 0) is 0 Å². The lowest BCUT2D eigenvalue weighted by atomic mass is 10.7. The zero-order chi connectivity index (χ0) is 13.0. The van der Waals surface area contributed by atoms with Crippen molar-refractivity contribution in [3.05, 3.63) is 0 Å². The standard InChI is InChI=1S/C11H31N2PSi2/c1-9-13(10-2)14(11-15(3,4)5)12-16(6,7)8/h12H,9-11H2,1-8H3. The Morgan fingerprint density at radius 1 is 0.938 bits per heavy atom. The van der Waals surface area contributed by atoms with E-state index in [-0.39, 0.29) is 8.22 Å². The van der Waals surface area contributed by atoms with Crippen LogP contribution in [0.1, 0.15) is 13.8 Å². The molecule has 0 aliphatic rings. The summed E-state index contributed by atoms with van der Waals surface area (Å²) < 4.78 is 6.62. The SMILES string of the molecule is CCN(CC)P(C[Si](C)(C)C)N[Si](C)(C)C. The number of nitrogens with one attached hydrogen (secondary N) is 1. The van der Waals surface area contributed by atoms with Gasteiger partial charge in [-0.25, -0.2) is 0 Å². The molecule has 2 nitrogen and oxygen atoms in total. The molecule has 0 saturated heterocycles. The molecule has 0 aromatic heterocycles. The van der Waals surface area contributed by atoms with Crippen molar-refractivity contribution < 1.29 is 0 Å². The monoisotopic (exact) mass is 278 g/mol. The van der Waals surface area contributed by atoms with E-state index in [0.29, 0.717) is 0 Å². The van der Waals surface area contributed by atoms with Crippen LogP contribution < -0.4 is 4.75 Å². The molecule has 0 heterocycles. The van der Waals surface area contributed by atoms with Crippen LogP contribution in [0.5, 0.6) is 0 Å². The molecule has 1 atom stereocenters. The normalized spacial score (nSPS) is 15.6. The molecule has 0 bridgehead atoms. The van der Waals surface area contributed by atoms with Crippen molar-refractivity contribution in [2.75, 3.05) is 18.9 Å². The van der Waals surface area contributed by atoms with E-state index >= 15 is 0 Å². The van der Waals surface area contributed by atoms with Gasteiger partial charge in [-0.2, -0.15) is 0 Å². The molecule has 0 aliphatic carbocycles. The Hall–Kier alpha value is 0.784. The van der Waals surface area contributed by atoms with E-state index < -0.39 is 16.3 Å². The van der Waals surface area contributed by atoms with Crippen LogP contribution in [0.25, 0.3) is 0 Å². The van der Waals surface area contributed by atoms with Gasteiger partial charge in [-0.1, -0.05) is 53.1 Å². The second-order valence-corrected chi connectivity index (χ2v) is 19.8. The zero-order valence-electron chi connectivity index (χ0n) is 12.5. The molecule has 1 unspecified atom stereocenters. The summed E-state index contributed by atoms with van der Waals surface area (Å²) in [6.45, 7) is 21.6. The van der Waals surface area contributed by atoms with Crippen molar-refractivity contribution in [1.82, 2.24) is 9.42 Å². The molecule has 0 aromatic carbocycles. The molecule has 1 N–H and O–H groups in total. The van der Waals surface area contributed by atoms with E-state index in [1.54, 1.807) is 0 Å². The van der Waals surface area contributed by atoms with Gasteiger partial charge in [-0.3, -0.25) is 4.67 Å². The van der Waals surface area contributed by atoms with Gasteiger partial charge in [0.2, 0.25) is 0 Å². The largest absolute Gasteiger partial charge is 0.305 e. The molecule has 0 saturated carbocycles. The van der Waals surface area contributed by atoms with Crippen LogP contribution >= 0.6 is 8.22 Å². The summed E-state index contributed by atoms with van der Waals surface area (Å²) in [4.78, 5) is 0. The highest BCUT2D eigenvalue weighted by Crippen LogP contribution is 2.39. The van der Waals surface area contributed by atoms with E-state index in [1.165, 1.54) is 18.9 Å². The van der Waals surface area contributed by atoms with Gasteiger partial charge in [0.25, 0.3) is 0 Å². The van der Waals surface area contributed by atoms with Crippen LogP contribution in [-0.4, -0.2) is 39.9 Å². The third-order valence-electron chi connectivity index (χ3n) is 2.16. The smallest absolute Gasteiger partial charge is 0.121 e. The van der Waals surface area contributed by atoms with Crippen molar-refractivity contribution in [2.24, 2.45) is 0 Å². The maximum Gasteiger partial charge on any atom is 0.121 e. The van der Waals surface area contributed by atoms with Gasteiger partial charge in [0.05, 0.1) is 8.07 Å². The average Bonchev–Trinajstić information content (AvgIpc) is 1.99. The first-order valence-corrected chi connectivity index (χ1v) is 15.1. The summed E-state index contributed by atoms with van der Waals surface area (Å²) >= 11 is 0. The molecule has 0 spiro atoms. The third kappa shape index (κ3) is 7.96. The molecule has 5 heteroatoms. The molecule has 0 rings (SSSR count). The molecular formula is C11H31N2PSi2. The molecular weight excluding hydrogens is 247 g/mol. The first-order chi connectivity index (χ1) is 7.09. The summed E-state index contributed by atoms with van der Waals surface area (Å²) in [7, 11) is -2.22. The van der Waals surface area contributed by atoms with Crippen molar-refractivity contribution in [3.63, 3.8) is 0 Å². The molecule has 0 radical (unpaired) electrons. The van der Waals surface area contributed by atoms with E-state index in [9.17, 15) is 0 Å². The van der Waals surface area contributed by atoms with E-state index in [0.717, 1.165) is 0 Å². The Morgan fingerprint density at radius 2 is 1.38 bits per heavy atom. The van der Waals surface area contributed by atoms with Crippen LogP contribution in [0.2, 0.25) is 39.3 Å². The predicted molar refractivity (Wildman–Crippen MR) is 84.5 cm³/mol. The van der Waals surface area contributed by atoms with Gasteiger partial charge in [-0.15, -0.1) is 0 Å². The minimum atomic E-state index is -1.16. The van der Waals surface area contributed by atoms with Gasteiger partial charge >= 0.3 is 0 Å². The van der Waals surface area contributed by atoms with Crippen molar-refractivity contribution in [3.8, 4) is 0 Å². The van der Waals surface area contributed by atoms with E-state index in [2.05, 4.69) is 62.6 Å². The van der Waals surface area contributed by atoms with Gasteiger partial charge in [0, 0.05) is 21.3 Å². The highest BCUT2D eigenvalue weighted by Gasteiger charge is 2.28. The zero-order valence-corrected chi connectivity index (χ0v) is 15.4. The van der Waals surface area contributed by atoms with E-state index in [1.807, 2.05) is 0 Å². The maximum absolute atomic E-state index is 3.98. The summed E-state index contributed by atoms with van der Waals surface area (Å²) in [6, 6.07) is 0. The quantitative estimate of drug-likeness (QED) is 0.560. The second kappa shape index (κ2) is 6.65. The third-order valence-corrected chi connectivity index (χ3v) is 12.1. The minimum Gasteiger partial charge on any atom is -0.305 e. The van der Waals surface area contributed by atoms with Crippen LogP contribution in [0.3, 0.4) is 0 Å². The summed E-state index contributed by atoms with van der Waals surface area (Å²) in [6.07, 6.45) is 0. The van der Waals surface area contributed by atoms with Crippen molar-refractivity contribution >= 4 is 24.5 Å². The number of rotatable bonds is 7. The van der Waals surface area contributed by atoms with Gasteiger partial charge in [0.1, 0.15) is 8.24 Å². The Morgan fingerprint density at radius 3 is 1.62 bits per heavy atom. The maximum atomic E-state index is 3.98. The predicted octanol–water partition coefficient (Wildman–Crippen LogP) is 3.94. The lowest BCUT2D eigenvalue weighted by Crippen LogP contribution is -2.44. The Balaban J connectivity index is 4.62. The Kier molecular flexibility index (Phi) is 6.97. The van der Waals surface area contributed by atoms with E-state index in [4.69, 9.17) is 0 Å². The fourth-order valence-corrected chi connectivity index (χ4v) is 11.4. The van der Waals surface area contributed by atoms with Gasteiger partial charge < -0.3 is 4.75 Å². The Bertz CT molecular complexity index is 179. The van der Waals surface area contributed by atoms with Crippen molar-refractivity contribution in [1.29, 1.82) is 0 Å². The number of nitrogens with zero attached hydrogens (tertiary/aromatic N) is 1. The molecule has 0 aliphatic heterocycles. The fraction of sp³-hybridized carbons (Fsp3) is 1.00. The summed E-state index contributed by atoms with van der Waals surface area (Å²) in [5.41, 5.74) is 0. The summed E-state index contributed by atoms with van der Waals surface area (Å²) in [5.74, 6) is 1.42. The highest BCUT2D eigenvalue weighted by atomic mass is 31.1. The lowest BCUT2D eigenvalue weighted by Gasteiger charge is -2.38. The first-order valence-electron chi connectivity index (χ1n) is 6.39. The van der Waals surface area contributed by atoms with Crippen LogP contribution in [0.4, 0.5) is 0 Å². The van der Waals surface area contributed by atoms with Crippen LogP contribution in [0, 0.1) is 0 Å². The van der Waals surface area contributed by atoms with Gasteiger partial charge in [-0.05, 0) is 5.79 Å². The number of hydrogen-bond acceptors (Lipinski definition) is 2. The highest BCUT2D eigenvalue weighted by molar-refractivity contribution is 7.58. The minimum absolute atomic E-state index is 0.0936.